The van der Waals surface area contributed by atoms with Crippen LogP contribution >= 0.6 is 11.3 Å². The number of hydrogen-bond acceptors (Lipinski definition) is 16. The number of aromatic nitrogens is 1. The van der Waals surface area contributed by atoms with Gasteiger partial charge in [-0.15, -0.1) is 0 Å². The van der Waals surface area contributed by atoms with Crippen molar-refractivity contribution in [2.24, 2.45) is 28.8 Å². The van der Waals surface area contributed by atoms with Crippen molar-refractivity contribution in [2.45, 2.75) is 135 Å². The number of para-hydroxylation sites is 1. The molecule has 2 saturated carbocycles. The second kappa shape index (κ2) is 33.7. The molecule has 0 aliphatic heterocycles. The van der Waals surface area contributed by atoms with Crippen LogP contribution in [0, 0.1) is 23.7 Å². The zero-order valence-corrected chi connectivity index (χ0v) is 44.5. The molecule has 1 heterocycles. The van der Waals surface area contributed by atoms with Crippen LogP contribution in [0.15, 0.2) is 85.0 Å². The minimum atomic E-state index is -0.457. The van der Waals surface area contributed by atoms with Gasteiger partial charge in [0, 0.05) is 29.8 Å². The van der Waals surface area contributed by atoms with Crippen LogP contribution in [0.5, 0.6) is 11.5 Å². The minimum Gasteiger partial charge on any atom is -0.493 e. The monoisotopic (exact) mass is 1040 g/mol. The molecule has 0 unspecified atom stereocenters. The number of carbonyl (C=O) groups excluding carboxylic acids is 5. The van der Waals surface area contributed by atoms with Gasteiger partial charge in [0.2, 0.25) is 5.13 Å². The van der Waals surface area contributed by atoms with Gasteiger partial charge < -0.3 is 33.2 Å². The summed E-state index contributed by atoms with van der Waals surface area (Å²) in [4.78, 5) is 64.8. The Hall–Kier alpha value is -6.03. The van der Waals surface area contributed by atoms with Crippen molar-refractivity contribution in [2.75, 3.05) is 57.8 Å². The molecule has 0 N–H and O–H groups in total. The van der Waals surface area contributed by atoms with Crippen LogP contribution in [0.2, 0.25) is 0 Å². The number of rotatable bonds is 35. The summed E-state index contributed by atoms with van der Waals surface area (Å²) in [5, 5.41) is 7.91. The number of nitrogens with zero attached hydrogens (tertiary/aromatic N) is 3. The van der Waals surface area contributed by atoms with E-state index in [1.165, 1.54) is 0 Å². The standard InChI is InChI=1S/C58H79N3O12S/c1-5-53(62)67-34-17-19-37-70-56(65)46-27-23-44(24-28-46)41-72-49-31-32-51(73-42-45-25-29-47(30-26-45)57(66)71-38-20-18-35-68-54(63)6-2)48(39-49)40-59-61(58-60-50-21-13-14-22-52(50)74-58)33-15-11-9-7-8-10-12-16-36-69-55(64)43(3)4/h5-6,13-14,21-22,31-32,39-40,44-47H,1-3,7-12,15-20,23-30,33-38,41-42H2,4H3/b59-40+. The number of fused-ring (bicyclic) bond motifs is 1. The van der Waals surface area contributed by atoms with Crippen molar-refractivity contribution in [1.82, 2.24) is 4.98 Å². The number of ether oxygens (including phenoxy) is 7. The third kappa shape index (κ3) is 21.8. The molecule has 0 saturated heterocycles. The average Bonchev–Trinajstić information content (AvgIpc) is 3.86. The predicted molar refractivity (Wildman–Crippen MR) is 288 cm³/mol. The molecule has 5 rings (SSSR count). The molecule has 3 aromatic rings. The van der Waals surface area contributed by atoms with Gasteiger partial charge >= 0.3 is 29.8 Å². The van der Waals surface area contributed by atoms with Crippen LogP contribution in [0.4, 0.5) is 5.13 Å². The Bertz CT molecular complexity index is 2250. The van der Waals surface area contributed by atoms with E-state index in [4.69, 9.17) is 43.2 Å². The molecule has 2 fully saturated rings. The Balaban J connectivity index is 1.17. The van der Waals surface area contributed by atoms with E-state index in [0.29, 0.717) is 88.3 Å². The van der Waals surface area contributed by atoms with Gasteiger partial charge in [-0.3, -0.25) is 9.59 Å². The van der Waals surface area contributed by atoms with Crippen LogP contribution in [0.25, 0.3) is 10.2 Å². The lowest BCUT2D eigenvalue weighted by Crippen LogP contribution is -2.26. The number of thiazole rings is 1. The first-order valence-electron chi connectivity index (χ1n) is 26.8. The molecule has 2 aliphatic rings. The van der Waals surface area contributed by atoms with Gasteiger partial charge in [0.05, 0.1) is 74.5 Å². The van der Waals surface area contributed by atoms with E-state index < -0.39 is 11.9 Å². The predicted octanol–water partition coefficient (Wildman–Crippen LogP) is 11.9. The molecule has 2 aromatic carbocycles. The molecule has 74 heavy (non-hydrogen) atoms. The topological polar surface area (TPSA) is 178 Å². The number of benzene rings is 2. The molecule has 15 nitrogen and oxygen atoms in total. The number of hydrazone groups is 1. The third-order valence-corrected chi connectivity index (χ3v) is 14.4. The van der Waals surface area contributed by atoms with Gasteiger partial charge in [0.25, 0.3) is 0 Å². The van der Waals surface area contributed by atoms with Gasteiger partial charge in [-0.25, -0.2) is 24.4 Å². The third-order valence-electron chi connectivity index (χ3n) is 13.4. The molecule has 16 heteroatoms. The van der Waals surface area contributed by atoms with Gasteiger partial charge in [-0.1, -0.05) is 81.7 Å². The molecule has 404 valence electrons. The number of carbonyl (C=O) groups is 5. The van der Waals surface area contributed by atoms with Crippen LogP contribution in [0.1, 0.15) is 141 Å². The number of esters is 5. The lowest BCUT2D eigenvalue weighted by Gasteiger charge is -2.28. The summed E-state index contributed by atoms with van der Waals surface area (Å²) in [6.07, 6.45) is 21.3. The molecule has 0 spiro atoms. The van der Waals surface area contributed by atoms with Gasteiger partial charge in [0.15, 0.2) is 0 Å². The maximum absolute atomic E-state index is 12.9. The van der Waals surface area contributed by atoms with Crippen molar-refractivity contribution in [3.63, 3.8) is 0 Å². The van der Waals surface area contributed by atoms with Crippen molar-refractivity contribution in [1.29, 1.82) is 0 Å². The Labute approximate surface area is 442 Å². The smallest absolute Gasteiger partial charge is 0.333 e. The Morgan fingerprint density at radius 2 is 1.14 bits per heavy atom. The largest absolute Gasteiger partial charge is 0.493 e. The summed E-state index contributed by atoms with van der Waals surface area (Å²) in [5.74, 6) is 0.110. The van der Waals surface area contributed by atoms with Gasteiger partial charge in [0.1, 0.15) is 11.5 Å². The maximum Gasteiger partial charge on any atom is 0.333 e. The Kier molecular flexibility index (Phi) is 26.8. The first kappa shape index (κ1) is 58.9. The normalized spacial score (nSPS) is 17.5. The number of anilines is 1. The van der Waals surface area contributed by atoms with Crippen LogP contribution in [-0.4, -0.2) is 93.8 Å². The molecule has 0 amide bonds. The lowest BCUT2D eigenvalue weighted by molar-refractivity contribution is -0.151. The molecule has 0 atom stereocenters. The molecule has 0 radical (unpaired) electrons. The fraction of sp³-hybridized carbons (Fsp3) is 0.569. The van der Waals surface area contributed by atoms with E-state index in [9.17, 15) is 24.0 Å². The average molecular weight is 1040 g/mol. The fourth-order valence-corrected chi connectivity index (χ4v) is 9.82. The summed E-state index contributed by atoms with van der Waals surface area (Å²) in [6.45, 7) is 15.4. The zero-order valence-electron chi connectivity index (χ0n) is 43.7. The van der Waals surface area contributed by atoms with Crippen molar-refractivity contribution in [3.8, 4) is 11.5 Å². The second-order valence-electron chi connectivity index (χ2n) is 19.3. The Morgan fingerprint density at radius 3 is 1.69 bits per heavy atom. The van der Waals surface area contributed by atoms with E-state index in [1.807, 2.05) is 47.6 Å². The van der Waals surface area contributed by atoms with Crippen LogP contribution in [-0.2, 0) is 47.7 Å². The molecular weight excluding hydrogens is 963 g/mol. The Morgan fingerprint density at radius 1 is 0.635 bits per heavy atom. The van der Waals surface area contributed by atoms with Crippen molar-refractivity contribution in [3.05, 3.63) is 85.5 Å². The van der Waals surface area contributed by atoms with E-state index >= 15 is 0 Å². The molecule has 1 aromatic heterocycles. The van der Waals surface area contributed by atoms with Crippen LogP contribution in [0.3, 0.4) is 0 Å². The minimum absolute atomic E-state index is 0.132. The van der Waals surface area contributed by atoms with E-state index in [1.54, 1.807) is 18.3 Å². The maximum atomic E-state index is 12.9. The van der Waals surface area contributed by atoms with E-state index in [-0.39, 0.29) is 48.9 Å². The van der Waals surface area contributed by atoms with E-state index in [0.717, 1.165) is 136 Å². The summed E-state index contributed by atoms with van der Waals surface area (Å²) in [6, 6.07) is 14.0. The first-order chi connectivity index (χ1) is 36.0. The second-order valence-corrected chi connectivity index (χ2v) is 20.3. The SMILES string of the molecule is C=CC(=O)OCCCCOC(=O)C1CCC(COc2ccc(OCC3CCC(C(=O)OCCCCOC(=O)C=C)CC3)c(/C=N/N(CCCCCCCCCCOC(=O)C(=C)C)c3nc4ccccc4s3)c2)CC1. The summed E-state index contributed by atoms with van der Waals surface area (Å²) < 4.78 is 40.5. The number of unbranched alkanes of at least 4 members (excludes halogenated alkanes) is 9. The molecule has 2 aliphatic carbocycles. The highest BCUT2D eigenvalue weighted by molar-refractivity contribution is 7.22. The fourth-order valence-electron chi connectivity index (χ4n) is 8.87. The van der Waals surface area contributed by atoms with Gasteiger partial charge in [-0.2, -0.15) is 5.10 Å². The zero-order chi connectivity index (χ0) is 52.8. The van der Waals surface area contributed by atoms with Crippen molar-refractivity contribution >= 4 is 62.7 Å². The highest BCUT2D eigenvalue weighted by atomic mass is 32.1. The summed E-state index contributed by atoms with van der Waals surface area (Å²) >= 11 is 1.62. The van der Waals surface area contributed by atoms with Crippen molar-refractivity contribution < 1.29 is 57.1 Å². The van der Waals surface area contributed by atoms with Gasteiger partial charge in [-0.05, 0) is 139 Å². The molecule has 0 bridgehead atoms. The highest BCUT2D eigenvalue weighted by Crippen LogP contribution is 2.34. The highest BCUT2D eigenvalue weighted by Gasteiger charge is 2.29. The first-order valence-corrected chi connectivity index (χ1v) is 27.7. The number of hydrogen-bond donors (Lipinski definition) is 0. The quantitative estimate of drug-likeness (QED) is 0.0136. The van der Waals surface area contributed by atoms with Crippen LogP contribution < -0.4 is 14.5 Å². The summed E-state index contributed by atoms with van der Waals surface area (Å²) in [7, 11) is 0. The summed E-state index contributed by atoms with van der Waals surface area (Å²) in [5.41, 5.74) is 2.14. The lowest BCUT2D eigenvalue weighted by atomic mass is 9.82. The molecular formula is C58H79N3O12S. The van der Waals surface area contributed by atoms with E-state index in [2.05, 4.69) is 25.8 Å².